The molecule has 0 fully saturated rings. The van der Waals surface area contributed by atoms with Crippen LogP contribution < -0.4 is 0 Å². The van der Waals surface area contributed by atoms with Crippen LogP contribution in [0.5, 0.6) is 0 Å². The van der Waals surface area contributed by atoms with Gasteiger partial charge in [0.2, 0.25) is 0 Å². The lowest BCUT2D eigenvalue weighted by Gasteiger charge is -2.26. The van der Waals surface area contributed by atoms with Crippen molar-refractivity contribution in [3.63, 3.8) is 0 Å². The maximum absolute atomic E-state index is 10.9. The predicted molar refractivity (Wildman–Crippen MR) is 97.8 cm³/mol. The summed E-state index contributed by atoms with van der Waals surface area (Å²) in [6, 6.07) is 15.4. The lowest BCUT2D eigenvalue weighted by molar-refractivity contribution is 0.00541. The van der Waals surface area contributed by atoms with Gasteiger partial charge < -0.3 is 5.11 Å². The van der Waals surface area contributed by atoms with E-state index in [0.29, 0.717) is 0 Å². The van der Waals surface area contributed by atoms with Crippen molar-refractivity contribution in [1.82, 2.24) is 0 Å². The average molecular weight is 308 g/mol. The van der Waals surface area contributed by atoms with Gasteiger partial charge in [0.15, 0.2) is 0 Å². The van der Waals surface area contributed by atoms with Crippen LogP contribution in [0, 0.1) is 5.92 Å². The van der Waals surface area contributed by atoms with E-state index in [4.69, 9.17) is 0 Å². The molecule has 1 heteroatoms. The molecule has 0 radical (unpaired) electrons. The molecule has 122 valence electrons. The molecule has 1 unspecified atom stereocenters. The van der Waals surface area contributed by atoms with E-state index in [1.807, 2.05) is 0 Å². The van der Waals surface area contributed by atoms with Crippen molar-refractivity contribution in [3.05, 3.63) is 59.2 Å². The molecule has 0 aliphatic heterocycles. The first-order valence-corrected chi connectivity index (χ1v) is 8.65. The van der Waals surface area contributed by atoms with Gasteiger partial charge >= 0.3 is 0 Å². The zero-order valence-corrected chi connectivity index (χ0v) is 15.0. The van der Waals surface area contributed by atoms with Crippen molar-refractivity contribution in [1.29, 1.82) is 0 Å². The lowest BCUT2D eigenvalue weighted by Crippen LogP contribution is -2.35. The predicted octanol–water partition coefficient (Wildman–Crippen LogP) is 5.14. The van der Waals surface area contributed by atoms with E-state index >= 15 is 0 Å². The molecule has 1 aliphatic rings. The number of hydrogen-bond acceptors (Lipinski definition) is 1. The minimum Gasteiger partial charge on any atom is -0.389 e. The maximum Gasteiger partial charge on any atom is 0.0751 e. The molecule has 1 atom stereocenters. The second-order valence-corrected chi connectivity index (χ2v) is 8.38. The number of aliphatic hydroxyl groups is 1. The Balaban J connectivity index is 2.00. The zero-order chi connectivity index (χ0) is 16.8. The molecule has 23 heavy (non-hydrogen) atoms. The highest BCUT2D eigenvalue weighted by atomic mass is 16.3. The van der Waals surface area contributed by atoms with E-state index in [9.17, 15) is 5.11 Å². The van der Waals surface area contributed by atoms with Gasteiger partial charge in [-0.3, -0.25) is 0 Å². The highest BCUT2D eigenvalue weighted by molar-refractivity contribution is 5.70. The van der Waals surface area contributed by atoms with Crippen LogP contribution in [0.1, 0.15) is 51.3 Å². The fourth-order valence-electron chi connectivity index (χ4n) is 3.54. The van der Waals surface area contributed by atoms with Crippen molar-refractivity contribution >= 4 is 0 Å². The zero-order valence-electron chi connectivity index (χ0n) is 15.0. The lowest BCUT2D eigenvalue weighted by atomic mass is 9.85. The molecular formula is C22H28O. The second-order valence-electron chi connectivity index (χ2n) is 8.38. The summed E-state index contributed by atoms with van der Waals surface area (Å²) in [4.78, 5) is 0. The Bertz CT molecular complexity index is 704. The molecule has 3 rings (SSSR count). The van der Waals surface area contributed by atoms with E-state index < -0.39 is 5.60 Å². The van der Waals surface area contributed by atoms with E-state index in [1.54, 1.807) is 0 Å². The Labute approximate surface area is 140 Å². The SMILES string of the molecule is CC(C)C1(O)Cc2cccc(-c3ccc(C(C)(C)C)cc3)c2C1. The summed E-state index contributed by atoms with van der Waals surface area (Å²) in [5, 5.41) is 10.9. The van der Waals surface area contributed by atoms with Gasteiger partial charge in [-0.05, 0) is 39.2 Å². The highest BCUT2D eigenvalue weighted by Crippen LogP contribution is 2.40. The fourth-order valence-corrected chi connectivity index (χ4v) is 3.54. The quantitative estimate of drug-likeness (QED) is 0.814. The number of fused-ring (bicyclic) bond motifs is 1. The summed E-state index contributed by atoms with van der Waals surface area (Å²) < 4.78 is 0. The molecule has 1 N–H and O–H groups in total. The normalized spacial score (nSPS) is 20.8. The molecule has 0 amide bonds. The number of rotatable bonds is 2. The summed E-state index contributed by atoms with van der Waals surface area (Å²) >= 11 is 0. The van der Waals surface area contributed by atoms with E-state index in [0.717, 1.165) is 12.8 Å². The molecule has 1 nitrogen and oxygen atoms in total. The first-order valence-electron chi connectivity index (χ1n) is 8.65. The molecule has 1 aliphatic carbocycles. The summed E-state index contributed by atoms with van der Waals surface area (Å²) in [5.41, 5.74) is 6.10. The molecule has 0 bridgehead atoms. The van der Waals surface area contributed by atoms with Gasteiger partial charge in [0.1, 0.15) is 0 Å². The van der Waals surface area contributed by atoms with Gasteiger partial charge in [0.05, 0.1) is 5.60 Å². The van der Waals surface area contributed by atoms with Crippen LogP contribution >= 0.6 is 0 Å². The molecule has 0 saturated heterocycles. The Morgan fingerprint density at radius 2 is 1.61 bits per heavy atom. The van der Waals surface area contributed by atoms with Gasteiger partial charge in [-0.25, -0.2) is 0 Å². The summed E-state index contributed by atoms with van der Waals surface area (Å²) in [6.45, 7) is 11.0. The van der Waals surface area contributed by atoms with Gasteiger partial charge in [0.25, 0.3) is 0 Å². The van der Waals surface area contributed by atoms with Gasteiger partial charge in [-0.2, -0.15) is 0 Å². The minimum absolute atomic E-state index is 0.176. The minimum atomic E-state index is -0.593. The van der Waals surface area contributed by atoms with E-state index in [-0.39, 0.29) is 11.3 Å². The molecular weight excluding hydrogens is 280 g/mol. The fraction of sp³-hybridized carbons (Fsp3) is 0.455. The third-order valence-electron chi connectivity index (χ3n) is 5.39. The third kappa shape index (κ3) is 2.95. The van der Waals surface area contributed by atoms with Gasteiger partial charge in [-0.15, -0.1) is 0 Å². The standard InChI is InChI=1S/C22H28O/c1-15(2)22(23)13-17-7-6-8-19(20(17)14-22)16-9-11-18(12-10-16)21(3,4)5/h6-12,15,23H,13-14H2,1-5H3. The molecule has 2 aromatic carbocycles. The first-order chi connectivity index (χ1) is 10.7. The monoisotopic (exact) mass is 308 g/mol. The van der Waals surface area contributed by atoms with Crippen molar-refractivity contribution in [2.75, 3.05) is 0 Å². The van der Waals surface area contributed by atoms with E-state index in [2.05, 4.69) is 77.1 Å². The summed E-state index contributed by atoms with van der Waals surface area (Å²) in [7, 11) is 0. The first kappa shape index (κ1) is 16.3. The topological polar surface area (TPSA) is 20.2 Å². The molecule has 0 spiro atoms. The highest BCUT2D eigenvalue weighted by Gasteiger charge is 2.38. The van der Waals surface area contributed by atoms with Crippen LogP contribution in [0.4, 0.5) is 0 Å². The van der Waals surface area contributed by atoms with Crippen molar-refractivity contribution < 1.29 is 5.11 Å². The molecule has 2 aromatic rings. The van der Waals surface area contributed by atoms with Crippen LogP contribution in [0.15, 0.2) is 42.5 Å². The average Bonchev–Trinajstić information content (AvgIpc) is 2.84. The molecule has 0 heterocycles. The Morgan fingerprint density at radius 3 is 2.17 bits per heavy atom. The van der Waals surface area contributed by atoms with Crippen LogP contribution in [0.25, 0.3) is 11.1 Å². The Hall–Kier alpha value is -1.60. The Morgan fingerprint density at radius 1 is 0.957 bits per heavy atom. The van der Waals surface area contributed by atoms with Crippen LogP contribution in [0.3, 0.4) is 0 Å². The van der Waals surface area contributed by atoms with Gasteiger partial charge in [0, 0.05) is 12.8 Å². The smallest absolute Gasteiger partial charge is 0.0751 e. The number of benzene rings is 2. The van der Waals surface area contributed by atoms with Crippen LogP contribution in [0.2, 0.25) is 0 Å². The van der Waals surface area contributed by atoms with Crippen molar-refractivity contribution in [2.45, 2.75) is 58.5 Å². The van der Waals surface area contributed by atoms with Crippen molar-refractivity contribution in [2.24, 2.45) is 5.92 Å². The summed E-state index contributed by atoms with van der Waals surface area (Å²) in [6.07, 6.45) is 1.53. The van der Waals surface area contributed by atoms with Crippen molar-refractivity contribution in [3.8, 4) is 11.1 Å². The van der Waals surface area contributed by atoms with Gasteiger partial charge in [-0.1, -0.05) is 77.1 Å². The summed E-state index contributed by atoms with van der Waals surface area (Å²) in [5.74, 6) is 0.269. The molecule has 0 aromatic heterocycles. The second kappa shape index (κ2) is 5.49. The maximum atomic E-state index is 10.9. The Kier molecular flexibility index (Phi) is 3.88. The van der Waals surface area contributed by atoms with E-state index in [1.165, 1.54) is 27.8 Å². The largest absolute Gasteiger partial charge is 0.389 e. The molecule has 0 saturated carbocycles. The third-order valence-corrected chi connectivity index (χ3v) is 5.39. The van der Waals surface area contributed by atoms with Crippen LogP contribution in [-0.4, -0.2) is 10.7 Å². The van der Waals surface area contributed by atoms with Crippen LogP contribution in [-0.2, 0) is 18.3 Å². The number of hydrogen-bond donors (Lipinski definition) is 1.